The van der Waals surface area contributed by atoms with Gasteiger partial charge in [-0.3, -0.25) is 0 Å². The molecular formula is C46H31N3. The predicted octanol–water partition coefficient (Wildman–Crippen LogP) is 11.9. The Hall–Kier alpha value is -6.58. The van der Waals surface area contributed by atoms with Gasteiger partial charge in [0.05, 0.1) is 22.4 Å². The zero-order valence-corrected chi connectivity index (χ0v) is 26.7. The molecule has 0 atom stereocenters. The molecule has 0 aliphatic heterocycles. The third-order valence-electron chi connectivity index (χ3n) is 9.27. The number of fused-ring (bicyclic) bond motifs is 3. The molecule has 0 spiro atoms. The molecule has 2 heterocycles. The quantitative estimate of drug-likeness (QED) is 0.184. The van der Waals surface area contributed by atoms with Crippen LogP contribution in [0.1, 0.15) is 0 Å². The lowest BCUT2D eigenvalue weighted by molar-refractivity contribution is 1.18. The molecule has 3 nitrogen and oxygen atoms in total. The van der Waals surface area contributed by atoms with E-state index in [1.165, 1.54) is 38.5 Å². The van der Waals surface area contributed by atoms with E-state index in [0.29, 0.717) is 0 Å². The van der Waals surface area contributed by atoms with Gasteiger partial charge in [0.2, 0.25) is 0 Å². The summed E-state index contributed by atoms with van der Waals surface area (Å²) in [6.07, 6.45) is 0. The molecule has 2 aromatic heterocycles. The summed E-state index contributed by atoms with van der Waals surface area (Å²) in [6, 6.07) is 66.2. The molecule has 230 valence electrons. The first-order valence-corrected chi connectivity index (χ1v) is 16.6. The molecule has 0 radical (unpaired) electrons. The molecule has 0 bridgehead atoms. The summed E-state index contributed by atoms with van der Waals surface area (Å²) >= 11 is 0. The fraction of sp³-hybridized carbons (Fsp3) is 0. The van der Waals surface area contributed by atoms with E-state index in [2.05, 4.69) is 156 Å². The fourth-order valence-corrected chi connectivity index (χ4v) is 6.76. The van der Waals surface area contributed by atoms with Crippen molar-refractivity contribution in [2.45, 2.75) is 0 Å². The molecule has 7 aromatic carbocycles. The van der Waals surface area contributed by atoms with E-state index in [1.807, 2.05) is 36.4 Å². The van der Waals surface area contributed by atoms with Crippen LogP contribution in [0.25, 0.3) is 83.6 Å². The van der Waals surface area contributed by atoms with E-state index >= 15 is 0 Å². The first-order valence-electron chi connectivity index (χ1n) is 16.6. The summed E-state index contributed by atoms with van der Waals surface area (Å²) in [5, 5.41) is 2.55. The van der Waals surface area contributed by atoms with Crippen LogP contribution >= 0.6 is 0 Å². The van der Waals surface area contributed by atoms with E-state index < -0.39 is 0 Å². The summed E-state index contributed by atoms with van der Waals surface area (Å²) in [6.45, 7) is 0. The highest BCUT2D eigenvalue weighted by Crippen LogP contribution is 2.34. The SMILES string of the molecule is c1ccc(-c2cc(-c3ccc(-c4ccc(-c5ccc(-n6c7ccccc7c7ccccc76)cc5)cc4)cc3)nc(-c3ccccc3)n2)cc1. The number of benzene rings is 7. The minimum Gasteiger partial charge on any atom is -0.309 e. The summed E-state index contributed by atoms with van der Waals surface area (Å²) in [7, 11) is 0. The molecule has 0 saturated carbocycles. The number of hydrogen-bond acceptors (Lipinski definition) is 2. The summed E-state index contributed by atoms with van der Waals surface area (Å²) in [5.74, 6) is 0.722. The van der Waals surface area contributed by atoms with E-state index in [-0.39, 0.29) is 0 Å². The number of para-hydroxylation sites is 2. The van der Waals surface area contributed by atoms with Gasteiger partial charge in [0, 0.05) is 33.2 Å². The van der Waals surface area contributed by atoms with Crippen LogP contribution in [0, 0.1) is 0 Å². The first kappa shape index (κ1) is 28.6. The highest BCUT2D eigenvalue weighted by molar-refractivity contribution is 6.09. The van der Waals surface area contributed by atoms with Crippen LogP contribution in [0.5, 0.6) is 0 Å². The maximum Gasteiger partial charge on any atom is 0.160 e. The smallest absolute Gasteiger partial charge is 0.160 e. The summed E-state index contributed by atoms with van der Waals surface area (Å²) in [4.78, 5) is 9.91. The highest BCUT2D eigenvalue weighted by Gasteiger charge is 2.13. The molecule has 3 heteroatoms. The lowest BCUT2D eigenvalue weighted by Crippen LogP contribution is -1.95. The van der Waals surface area contributed by atoms with E-state index in [9.17, 15) is 0 Å². The molecule has 49 heavy (non-hydrogen) atoms. The molecular weight excluding hydrogens is 595 g/mol. The van der Waals surface area contributed by atoms with E-state index in [4.69, 9.17) is 9.97 Å². The van der Waals surface area contributed by atoms with Gasteiger partial charge in [0.1, 0.15) is 0 Å². The molecule has 0 N–H and O–H groups in total. The second kappa shape index (κ2) is 12.2. The highest BCUT2D eigenvalue weighted by atomic mass is 15.0. The topological polar surface area (TPSA) is 30.7 Å². The van der Waals surface area contributed by atoms with Crippen molar-refractivity contribution in [1.29, 1.82) is 0 Å². The van der Waals surface area contributed by atoms with E-state index in [0.717, 1.165) is 45.2 Å². The largest absolute Gasteiger partial charge is 0.309 e. The zero-order valence-electron chi connectivity index (χ0n) is 26.7. The van der Waals surface area contributed by atoms with Crippen molar-refractivity contribution < 1.29 is 0 Å². The Labute approximate surface area is 285 Å². The Morgan fingerprint density at radius 3 is 1.16 bits per heavy atom. The zero-order chi connectivity index (χ0) is 32.6. The lowest BCUT2D eigenvalue weighted by atomic mass is 9.98. The minimum atomic E-state index is 0.722. The van der Waals surface area contributed by atoms with E-state index in [1.54, 1.807) is 0 Å². The molecule has 0 aliphatic carbocycles. The number of nitrogens with zero attached hydrogens (tertiary/aromatic N) is 3. The van der Waals surface area contributed by atoms with Gasteiger partial charge < -0.3 is 4.57 Å². The maximum absolute atomic E-state index is 4.99. The van der Waals surface area contributed by atoms with Gasteiger partial charge in [0.25, 0.3) is 0 Å². The molecule has 0 aliphatic rings. The Morgan fingerprint density at radius 2 is 0.673 bits per heavy atom. The van der Waals surface area contributed by atoms with Crippen LogP contribution in [0.4, 0.5) is 0 Å². The van der Waals surface area contributed by atoms with Gasteiger partial charge in [0.15, 0.2) is 5.82 Å². The Kier molecular flexibility index (Phi) is 7.14. The van der Waals surface area contributed by atoms with Crippen molar-refractivity contribution in [2.24, 2.45) is 0 Å². The molecule has 0 fully saturated rings. The van der Waals surface area contributed by atoms with Crippen molar-refractivity contribution >= 4 is 21.8 Å². The van der Waals surface area contributed by atoms with Crippen LogP contribution in [-0.2, 0) is 0 Å². The van der Waals surface area contributed by atoms with Gasteiger partial charge in [-0.1, -0.05) is 158 Å². The average molecular weight is 626 g/mol. The third kappa shape index (κ3) is 5.38. The van der Waals surface area contributed by atoms with Gasteiger partial charge in [-0.15, -0.1) is 0 Å². The third-order valence-corrected chi connectivity index (χ3v) is 9.27. The van der Waals surface area contributed by atoms with Gasteiger partial charge in [-0.05, 0) is 52.6 Å². The fourth-order valence-electron chi connectivity index (χ4n) is 6.76. The van der Waals surface area contributed by atoms with Crippen molar-refractivity contribution in [3.63, 3.8) is 0 Å². The van der Waals surface area contributed by atoms with Crippen LogP contribution in [-0.4, -0.2) is 14.5 Å². The van der Waals surface area contributed by atoms with Crippen molar-refractivity contribution in [1.82, 2.24) is 14.5 Å². The number of rotatable bonds is 6. The predicted molar refractivity (Wildman–Crippen MR) is 204 cm³/mol. The van der Waals surface area contributed by atoms with Gasteiger partial charge in [-0.2, -0.15) is 0 Å². The summed E-state index contributed by atoms with van der Waals surface area (Å²) < 4.78 is 2.35. The molecule has 0 amide bonds. The number of hydrogen-bond donors (Lipinski definition) is 0. The Bertz CT molecular complexity index is 2440. The molecule has 9 rings (SSSR count). The molecule has 0 unspecified atom stereocenters. The van der Waals surface area contributed by atoms with Gasteiger partial charge in [-0.25, -0.2) is 9.97 Å². The van der Waals surface area contributed by atoms with Crippen molar-refractivity contribution in [3.05, 3.63) is 188 Å². The molecule has 9 aromatic rings. The van der Waals surface area contributed by atoms with Crippen molar-refractivity contribution in [2.75, 3.05) is 0 Å². The van der Waals surface area contributed by atoms with Crippen LogP contribution in [0.3, 0.4) is 0 Å². The van der Waals surface area contributed by atoms with Crippen molar-refractivity contribution in [3.8, 4) is 61.8 Å². The van der Waals surface area contributed by atoms with Crippen LogP contribution in [0.15, 0.2) is 188 Å². The Morgan fingerprint density at radius 1 is 0.306 bits per heavy atom. The summed E-state index contributed by atoms with van der Waals surface area (Å²) in [5.41, 5.74) is 13.3. The average Bonchev–Trinajstić information content (AvgIpc) is 3.53. The monoisotopic (exact) mass is 625 g/mol. The second-order valence-corrected chi connectivity index (χ2v) is 12.3. The normalized spacial score (nSPS) is 11.3. The van der Waals surface area contributed by atoms with Gasteiger partial charge >= 0.3 is 0 Å². The standard InChI is InChI=1S/C46H31N3/c1-3-11-36(12-4-1)42-31-43(48-46(47-42)38-13-5-2-6-14-38)37-25-23-34(24-26-37)32-19-21-33(22-20-32)35-27-29-39(30-28-35)49-44-17-9-7-15-40(44)41-16-8-10-18-45(41)49/h1-31H. The maximum atomic E-state index is 4.99. The Balaban J connectivity index is 0.991. The van der Waals surface area contributed by atoms with Crippen LogP contribution < -0.4 is 0 Å². The lowest BCUT2D eigenvalue weighted by Gasteiger charge is -2.11. The first-order chi connectivity index (χ1) is 24.3. The number of aromatic nitrogens is 3. The minimum absolute atomic E-state index is 0.722. The molecule has 0 saturated heterocycles. The second-order valence-electron chi connectivity index (χ2n) is 12.3. The van der Waals surface area contributed by atoms with Crippen LogP contribution in [0.2, 0.25) is 0 Å².